The number of methoxy groups -OCH3 is 1. The maximum absolute atomic E-state index is 12.8. The van der Waals surface area contributed by atoms with Gasteiger partial charge in [0.2, 0.25) is 0 Å². The van der Waals surface area contributed by atoms with E-state index in [9.17, 15) is 15.0 Å². The summed E-state index contributed by atoms with van der Waals surface area (Å²) in [6, 6.07) is 5.44. The van der Waals surface area contributed by atoms with Gasteiger partial charge in [-0.05, 0) is 68.2 Å². The highest BCUT2D eigenvalue weighted by Gasteiger charge is 2.28. The number of nitrogens with zero attached hydrogens (tertiary/aromatic N) is 1. The minimum Gasteiger partial charge on any atom is -0.504 e. The predicted molar refractivity (Wildman–Crippen MR) is 175 cm³/mol. The molecule has 2 aromatic rings. The number of hydrogen-bond acceptors (Lipinski definition) is 8. The number of benzene rings is 2. The van der Waals surface area contributed by atoms with E-state index in [1.54, 1.807) is 12.1 Å². The molecule has 10 heteroatoms. The quantitative estimate of drug-likeness (QED) is 0.123. The maximum Gasteiger partial charge on any atom is 0.188 e. The summed E-state index contributed by atoms with van der Waals surface area (Å²) in [5.41, 5.74) is 10.4. The van der Waals surface area contributed by atoms with Gasteiger partial charge in [0.25, 0.3) is 0 Å². The summed E-state index contributed by atoms with van der Waals surface area (Å²) in [5.74, 6) is 9.25. The van der Waals surface area contributed by atoms with Crippen molar-refractivity contribution in [2.45, 2.75) is 71.3 Å². The van der Waals surface area contributed by atoms with Crippen molar-refractivity contribution in [3.63, 3.8) is 0 Å². The Morgan fingerprint density at radius 3 is 2.76 bits per heavy atom. The van der Waals surface area contributed by atoms with Crippen LogP contribution in [0.15, 0.2) is 23.2 Å². The molecule has 2 atom stereocenters. The molecule has 0 saturated carbocycles. The molecular formula is C35H48N4O6. The molecule has 244 valence electrons. The van der Waals surface area contributed by atoms with Gasteiger partial charge in [-0.3, -0.25) is 15.1 Å². The number of carbonyl (C=O) groups is 1. The molecule has 0 fully saturated rings. The number of aromatic hydroxyl groups is 1. The number of rotatable bonds is 9. The first-order valence-electron chi connectivity index (χ1n) is 15.9. The van der Waals surface area contributed by atoms with Crippen LogP contribution in [0, 0.1) is 23.7 Å². The Balaban J connectivity index is 1.68. The zero-order chi connectivity index (χ0) is 32.3. The van der Waals surface area contributed by atoms with E-state index < -0.39 is 6.10 Å². The highest BCUT2D eigenvalue weighted by atomic mass is 16.5. The second-order valence-corrected chi connectivity index (χ2v) is 12.3. The predicted octanol–water partition coefficient (Wildman–Crippen LogP) is 3.25. The van der Waals surface area contributed by atoms with Crippen molar-refractivity contribution in [2.24, 2.45) is 22.6 Å². The van der Waals surface area contributed by atoms with Crippen LogP contribution in [0.1, 0.15) is 67.3 Å². The van der Waals surface area contributed by atoms with Crippen LogP contribution in [0.2, 0.25) is 0 Å². The molecule has 2 unspecified atom stereocenters. The first-order valence-corrected chi connectivity index (χ1v) is 15.9. The van der Waals surface area contributed by atoms with E-state index in [0.717, 1.165) is 35.1 Å². The average molecular weight is 621 g/mol. The number of nitrogens with one attached hydrogen (secondary N) is 2. The molecule has 6 N–H and O–H groups in total. The van der Waals surface area contributed by atoms with Gasteiger partial charge in [0.15, 0.2) is 29.0 Å². The number of phenols is 1. The van der Waals surface area contributed by atoms with Gasteiger partial charge in [-0.15, -0.1) is 0 Å². The molecule has 2 aliphatic rings. The average Bonchev–Trinajstić information content (AvgIpc) is 3.01. The number of Topliss-reactive ketones (excluding diaryl/α,β-unsaturated/α-hetero) is 1. The van der Waals surface area contributed by atoms with Crippen LogP contribution in [0.5, 0.6) is 23.0 Å². The number of aliphatic hydroxyl groups excluding tert-OH is 1. The van der Waals surface area contributed by atoms with E-state index in [1.165, 1.54) is 7.11 Å². The number of aliphatic hydroxyl groups is 1. The number of hydrogen-bond donors (Lipinski definition) is 5. The molecule has 1 heterocycles. The van der Waals surface area contributed by atoms with Crippen LogP contribution in [-0.2, 0) is 30.5 Å². The van der Waals surface area contributed by atoms with E-state index in [0.29, 0.717) is 81.1 Å². The van der Waals surface area contributed by atoms with Gasteiger partial charge in [0.1, 0.15) is 12.5 Å². The Kier molecular flexibility index (Phi) is 12.4. The molecule has 0 aromatic heterocycles. The Morgan fingerprint density at radius 1 is 1.18 bits per heavy atom. The van der Waals surface area contributed by atoms with Crippen molar-refractivity contribution in [1.29, 1.82) is 0 Å². The van der Waals surface area contributed by atoms with Crippen LogP contribution in [0.4, 0.5) is 0 Å². The molecule has 0 amide bonds. The third-order valence-electron chi connectivity index (χ3n) is 8.11. The minimum absolute atomic E-state index is 0.0111. The lowest BCUT2D eigenvalue weighted by Gasteiger charge is -2.30. The van der Waals surface area contributed by atoms with Crippen molar-refractivity contribution in [1.82, 2.24) is 10.6 Å². The lowest BCUT2D eigenvalue weighted by molar-refractivity contribution is -0.121. The SMILES string of the molecule is CNCOc1c2cc(c3c1OCC(CCNC(N)=NCC(C)C)C3)CCC(O)CC(=O)CCc1ccc(O)c(OC)c1C#CC2. The van der Waals surface area contributed by atoms with Crippen LogP contribution in [0.3, 0.4) is 0 Å². The monoisotopic (exact) mass is 620 g/mol. The highest BCUT2D eigenvalue weighted by molar-refractivity contribution is 5.79. The van der Waals surface area contributed by atoms with E-state index in [1.807, 2.05) is 7.05 Å². The van der Waals surface area contributed by atoms with Gasteiger partial charge < -0.3 is 35.5 Å². The van der Waals surface area contributed by atoms with Crippen molar-refractivity contribution in [2.75, 3.05) is 40.6 Å². The molecule has 0 radical (unpaired) electrons. The number of carbonyl (C=O) groups excluding carboxylic acids is 1. The summed E-state index contributed by atoms with van der Waals surface area (Å²) in [6.45, 7) is 6.40. The molecule has 2 bridgehead atoms. The number of ether oxygens (including phenoxy) is 3. The maximum atomic E-state index is 12.8. The van der Waals surface area contributed by atoms with Crippen molar-refractivity contribution in [3.8, 4) is 34.8 Å². The van der Waals surface area contributed by atoms with E-state index in [4.69, 9.17) is 19.9 Å². The Bertz CT molecular complexity index is 1430. The second kappa shape index (κ2) is 16.4. The number of guanidine groups is 1. The first-order chi connectivity index (χ1) is 21.7. The molecule has 4 rings (SSSR count). The van der Waals surface area contributed by atoms with Crippen LogP contribution < -0.4 is 30.6 Å². The van der Waals surface area contributed by atoms with Crippen LogP contribution >= 0.6 is 0 Å². The summed E-state index contributed by atoms with van der Waals surface area (Å²) in [5, 5.41) is 27.6. The minimum atomic E-state index is -0.760. The molecule has 45 heavy (non-hydrogen) atoms. The van der Waals surface area contributed by atoms with E-state index in [2.05, 4.69) is 47.4 Å². The molecule has 0 saturated heterocycles. The van der Waals surface area contributed by atoms with Gasteiger partial charge in [-0.2, -0.15) is 0 Å². The Hall–Kier alpha value is -3.94. The molecule has 1 aliphatic carbocycles. The summed E-state index contributed by atoms with van der Waals surface area (Å²) in [7, 11) is 3.31. The van der Waals surface area contributed by atoms with Crippen LogP contribution in [0.25, 0.3) is 0 Å². The fraction of sp³-hybridized carbons (Fsp3) is 0.543. The zero-order valence-corrected chi connectivity index (χ0v) is 27.0. The number of fused-ring (bicyclic) bond motifs is 5. The summed E-state index contributed by atoms with van der Waals surface area (Å²) in [6.07, 6.45) is 3.07. The van der Waals surface area contributed by atoms with Crippen molar-refractivity contribution < 1.29 is 29.2 Å². The van der Waals surface area contributed by atoms with Gasteiger partial charge in [-0.25, -0.2) is 0 Å². The second-order valence-electron chi connectivity index (χ2n) is 12.3. The number of phenolic OH excluding ortho intramolecular Hbond substituents is 1. The summed E-state index contributed by atoms with van der Waals surface area (Å²) >= 11 is 0. The van der Waals surface area contributed by atoms with Crippen molar-refractivity contribution in [3.05, 3.63) is 46.0 Å². The third kappa shape index (κ3) is 9.28. The van der Waals surface area contributed by atoms with Crippen molar-refractivity contribution >= 4 is 11.7 Å². The summed E-state index contributed by atoms with van der Waals surface area (Å²) in [4.78, 5) is 17.2. The number of ketones is 1. The molecule has 1 aliphatic heterocycles. The molecule has 2 aromatic carbocycles. The smallest absolute Gasteiger partial charge is 0.188 e. The first kappa shape index (κ1) is 33.9. The topological polar surface area (TPSA) is 148 Å². The van der Waals surface area contributed by atoms with E-state index in [-0.39, 0.29) is 36.0 Å². The molecule has 10 nitrogen and oxygen atoms in total. The molecular weight excluding hydrogens is 572 g/mol. The Labute approximate surface area is 266 Å². The van der Waals surface area contributed by atoms with Crippen LogP contribution in [-0.4, -0.2) is 68.6 Å². The lowest BCUT2D eigenvalue weighted by atomic mass is 9.86. The van der Waals surface area contributed by atoms with Gasteiger partial charge in [0.05, 0.1) is 25.4 Å². The molecule has 0 spiro atoms. The fourth-order valence-electron chi connectivity index (χ4n) is 5.76. The lowest BCUT2D eigenvalue weighted by Crippen LogP contribution is -2.35. The van der Waals surface area contributed by atoms with Gasteiger partial charge in [0, 0.05) is 43.5 Å². The standard InChI is InChI=1S/C35H48N4O6/c1-22(2)19-39-35(36)38-15-14-23-16-30-25-9-12-28(41)18-27(40)11-8-24-10-13-31(42)33(43-4)29(24)7-5-6-26(17-25)32(45-21-37-3)34(30)44-20-23/h10,13,17,22-23,28,37,41-42H,6,8-9,11-12,14-16,18-21H2,1-4H3,(H3,36,38,39). The number of nitrogens with two attached hydrogens (primary N) is 1. The number of aliphatic imine (C=N–C) groups is 1. The Morgan fingerprint density at radius 2 is 2.00 bits per heavy atom. The van der Waals surface area contributed by atoms with E-state index >= 15 is 0 Å². The number of aryl methyl sites for hydroxylation is 2. The fourth-order valence-corrected chi connectivity index (χ4v) is 5.76. The normalized spacial score (nSPS) is 18.8. The van der Waals surface area contributed by atoms with Gasteiger partial charge in [-0.1, -0.05) is 37.8 Å². The zero-order valence-electron chi connectivity index (χ0n) is 27.0. The third-order valence-corrected chi connectivity index (χ3v) is 8.11. The summed E-state index contributed by atoms with van der Waals surface area (Å²) < 4.78 is 18.1. The largest absolute Gasteiger partial charge is 0.504 e. The van der Waals surface area contributed by atoms with Gasteiger partial charge >= 0.3 is 0 Å². The highest BCUT2D eigenvalue weighted by Crippen LogP contribution is 2.43.